The zero-order chi connectivity index (χ0) is 15.6. The number of nitrogen functional groups attached to an aromatic ring is 1. The number of aromatic amines is 1. The van der Waals surface area contributed by atoms with E-state index < -0.39 is 11.2 Å². The Hall–Kier alpha value is -1.76. The fourth-order valence-electron chi connectivity index (χ4n) is 2.93. The predicted octanol–water partition coefficient (Wildman–Crippen LogP) is 0.281. The first-order valence-electron chi connectivity index (χ1n) is 7.51. The molecule has 0 saturated carbocycles. The highest BCUT2D eigenvalue weighted by Gasteiger charge is 2.26. The second-order valence-corrected chi connectivity index (χ2v) is 5.95. The van der Waals surface area contributed by atoms with Crippen molar-refractivity contribution >= 4 is 11.5 Å². The predicted molar refractivity (Wildman–Crippen MR) is 84.7 cm³/mol. The first kappa shape index (κ1) is 15.6. The maximum atomic E-state index is 12.0. The summed E-state index contributed by atoms with van der Waals surface area (Å²) >= 11 is 0. The van der Waals surface area contributed by atoms with Crippen LogP contribution in [0.5, 0.6) is 0 Å². The van der Waals surface area contributed by atoms with Crippen molar-refractivity contribution in [3.8, 4) is 0 Å². The van der Waals surface area contributed by atoms with Crippen LogP contribution < -0.4 is 22.3 Å². The van der Waals surface area contributed by atoms with Crippen molar-refractivity contribution < 1.29 is 0 Å². The van der Waals surface area contributed by atoms with Gasteiger partial charge in [0, 0.05) is 19.1 Å². The van der Waals surface area contributed by atoms with Gasteiger partial charge in [-0.15, -0.1) is 0 Å². The van der Waals surface area contributed by atoms with Gasteiger partial charge in [-0.3, -0.25) is 14.3 Å². The summed E-state index contributed by atoms with van der Waals surface area (Å²) in [6.07, 6.45) is 1.73. The van der Waals surface area contributed by atoms with Crippen LogP contribution in [0.2, 0.25) is 0 Å². The van der Waals surface area contributed by atoms with E-state index in [1.807, 2.05) is 6.92 Å². The highest BCUT2D eigenvalue weighted by molar-refractivity contribution is 5.61. The second kappa shape index (κ2) is 6.34. The van der Waals surface area contributed by atoms with Crippen LogP contribution in [0.1, 0.15) is 26.7 Å². The fourth-order valence-corrected chi connectivity index (χ4v) is 2.93. The molecule has 0 radical (unpaired) electrons. The van der Waals surface area contributed by atoms with Gasteiger partial charge in [0.05, 0.1) is 0 Å². The highest BCUT2D eigenvalue weighted by atomic mass is 16.2. The van der Waals surface area contributed by atoms with Gasteiger partial charge in [0.15, 0.2) is 0 Å². The quantitative estimate of drug-likeness (QED) is 0.741. The van der Waals surface area contributed by atoms with Crippen molar-refractivity contribution in [3.63, 3.8) is 0 Å². The number of hydrogen-bond donors (Lipinski definition) is 3. The molecule has 7 nitrogen and oxygen atoms in total. The zero-order valence-corrected chi connectivity index (χ0v) is 13.0. The summed E-state index contributed by atoms with van der Waals surface area (Å²) in [6.45, 7) is 6.57. The third-order valence-corrected chi connectivity index (χ3v) is 4.12. The Morgan fingerprint density at radius 3 is 2.76 bits per heavy atom. The van der Waals surface area contributed by atoms with Gasteiger partial charge in [0.2, 0.25) is 0 Å². The molecule has 0 aromatic carbocycles. The van der Waals surface area contributed by atoms with Crippen LogP contribution in [0.15, 0.2) is 9.59 Å². The first-order chi connectivity index (χ1) is 9.93. The Balaban J connectivity index is 2.30. The number of nitrogens with one attached hydrogen (secondary N) is 2. The molecule has 1 aliphatic heterocycles. The summed E-state index contributed by atoms with van der Waals surface area (Å²) < 4.78 is 1.42. The third-order valence-electron chi connectivity index (χ3n) is 4.12. The van der Waals surface area contributed by atoms with Gasteiger partial charge >= 0.3 is 5.69 Å². The Kier molecular flexibility index (Phi) is 4.72. The average molecular weight is 295 g/mol. The lowest BCUT2D eigenvalue weighted by Crippen LogP contribution is -2.45. The van der Waals surface area contributed by atoms with Crippen LogP contribution in [0.4, 0.5) is 11.5 Å². The van der Waals surface area contributed by atoms with E-state index in [0.717, 1.165) is 25.9 Å². The van der Waals surface area contributed by atoms with E-state index in [1.165, 1.54) is 4.57 Å². The van der Waals surface area contributed by atoms with Crippen LogP contribution in [0, 0.1) is 5.92 Å². The van der Waals surface area contributed by atoms with Crippen LogP contribution in [-0.2, 0) is 6.54 Å². The van der Waals surface area contributed by atoms with E-state index in [1.54, 1.807) is 0 Å². The van der Waals surface area contributed by atoms with Crippen molar-refractivity contribution in [2.24, 2.45) is 5.92 Å². The maximum absolute atomic E-state index is 12.0. The molecule has 0 bridgehead atoms. The molecule has 2 unspecified atom stereocenters. The molecule has 7 heteroatoms. The fraction of sp³-hybridized carbons (Fsp3) is 0.714. The van der Waals surface area contributed by atoms with Crippen LogP contribution in [0.3, 0.4) is 0 Å². The van der Waals surface area contributed by atoms with E-state index in [0.29, 0.717) is 18.2 Å². The van der Waals surface area contributed by atoms with Gasteiger partial charge < -0.3 is 16.0 Å². The molecule has 2 rings (SSSR count). The van der Waals surface area contributed by atoms with Crippen molar-refractivity contribution in [1.82, 2.24) is 14.5 Å². The van der Waals surface area contributed by atoms with Gasteiger partial charge in [-0.05, 0) is 32.4 Å². The lowest BCUT2D eigenvalue weighted by atomic mass is 9.94. The molecule has 2 heterocycles. The molecule has 4 N–H and O–H groups in total. The molecular weight excluding hydrogens is 270 g/mol. The largest absolute Gasteiger partial charge is 0.383 e. The number of anilines is 2. The number of H-pyrrole nitrogens is 1. The minimum Gasteiger partial charge on any atom is -0.383 e. The summed E-state index contributed by atoms with van der Waals surface area (Å²) in [6, 6.07) is 0.192. The summed E-state index contributed by atoms with van der Waals surface area (Å²) in [5.74, 6) is 0.644. The van der Waals surface area contributed by atoms with Gasteiger partial charge in [-0.1, -0.05) is 13.8 Å². The molecule has 21 heavy (non-hydrogen) atoms. The Morgan fingerprint density at radius 2 is 2.14 bits per heavy atom. The molecule has 1 fully saturated rings. The van der Waals surface area contributed by atoms with Gasteiger partial charge in [-0.25, -0.2) is 4.79 Å². The smallest absolute Gasteiger partial charge is 0.330 e. The second-order valence-electron chi connectivity index (χ2n) is 5.95. The van der Waals surface area contributed by atoms with Crippen LogP contribution >= 0.6 is 0 Å². The first-order valence-corrected chi connectivity index (χ1v) is 7.51. The Morgan fingerprint density at radius 1 is 1.43 bits per heavy atom. The van der Waals surface area contributed by atoms with Crippen LogP contribution in [0.25, 0.3) is 0 Å². The molecule has 2 atom stereocenters. The van der Waals surface area contributed by atoms with Crippen molar-refractivity contribution in [2.75, 3.05) is 31.2 Å². The van der Waals surface area contributed by atoms with E-state index >= 15 is 0 Å². The number of aromatic nitrogens is 2. The molecule has 118 valence electrons. The van der Waals surface area contributed by atoms with Gasteiger partial charge in [0.25, 0.3) is 5.56 Å². The van der Waals surface area contributed by atoms with Crippen molar-refractivity contribution in [1.29, 1.82) is 0 Å². The Bertz CT molecular complexity index is 606. The lowest BCUT2D eigenvalue weighted by Gasteiger charge is -2.35. The van der Waals surface area contributed by atoms with E-state index in [-0.39, 0.29) is 11.9 Å². The van der Waals surface area contributed by atoms with Crippen molar-refractivity contribution in [3.05, 3.63) is 20.8 Å². The highest BCUT2D eigenvalue weighted by Crippen LogP contribution is 2.21. The number of rotatable bonds is 4. The molecule has 1 aromatic rings. The van der Waals surface area contributed by atoms with Gasteiger partial charge in [0.1, 0.15) is 11.5 Å². The van der Waals surface area contributed by atoms with Crippen LogP contribution in [-0.4, -0.2) is 40.6 Å². The maximum Gasteiger partial charge on any atom is 0.330 e. The molecule has 1 aliphatic rings. The van der Waals surface area contributed by atoms with E-state index in [4.69, 9.17) is 5.73 Å². The normalized spacial score (nSPS) is 23.2. The summed E-state index contributed by atoms with van der Waals surface area (Å²) in [5.41, 5.74) is 5.48. The van der Waals surface area contributed by atoms with E-state index in [9.17, 15) is 9.59 Å². The topological polar surface area (TPSA) is 96.2 Å². The monoisotopic (exact) mass is 295 g/mol. The Labute approximate surface area is 124 Å². The lowest BCUT2D eigenvalue weighted by molar-refractivity contribution is 0.206. The minimum atomic E-state index is -0.443. The minimum absolute atomic E-state index is 0.192. The molecule has 1 aromatic heterocycles. The molecular formula is C14H25N5O2. The SMILES string of the molecule is CCCn1c(N)c(NC2CCN(C)CC2C)c(=O)[nH]c1=O. The molecule has 0 aliphatic carbocycles. The summed E-state index contributed by atoms with van der Waals surface area (Å²) in [7, 11) is 2.09. The number of likely N-dealkylation sites (tertiary alicyclic amines) is 1. The number of nitrogens with two attached hydrogens (primary N) is 1. The molecule has 0 amide bonds. The third kappa shape index (κ3) is 3.29. The van der Waals surface area contributed by atoms with E-state index in [2.05, 4.69) is 29.2 Å². The van der Waals surface area contributed by atoms with Crippen molar-refractivity contribution in [2.45, 2.75) is 39.3 Å². The number of hydrogen-bond acceptors (Lipinski definition) is 5. The number of piperidine rings is 1. The average Bonchev–Trinajstić information content (AvgIpc) is 2.41. The number of nitrogens with zero attached hydrogens (tertiary/aromatic N) is 2. The molecule has 0 spiro atoms. The molecule has 1 saturated heterocycles. The zero-order valence-electron chi connectivity index (χ0n) is 13.0. The summed E-state index contributed by atoms with van der Waals surface area (Å²) in [5, 5.41) is 3.26. The summed E-state index contributed by atoms with van der Waals surface area (Å²) in [4.78, 5) is 28.5. The standard InChI is InChI=1S/C14H25N5O2/c1-4-6-19-12(15)11(13(20)17-14(19)21)16-10-5-7-18(3)8-9(10)2/h9-10,16H,4-8,15H2,1-3H3,(H,17,20,21). The van der Waals surface area contributed by atoms with Gasteiger partial charge in [-0.2, -0.15) is 0 Å².